The van der Waals surface area contributed by atoms with E-state index in [2.05, 4.69) is 4.98 Å². The number of carboxylic acid groups (broad SMARTS) is 1. The highest BCUT2D eigenvalue weighted by Crippen LogP contribution is 2.45. The number of benzene rings is 1. The van der Waals surface area contributed by atoms with Crippen LogP contribution in [0.25, 0.3) is 0 Å². The van der Waals surface area contributed by atoms with Crippen molar-refractivity contribution in [2.45, 2.75) is 37.6 Å². The molecule has 1 aliphatic carbocycles. The number of alkyl halides is 3. The topological polar surface area (TPSA) is 62.7 Å². The summed E-state index contributed by atoms with van der Waals surface area (Å²) in [6, 6.07) is 4.57. The van der Waals surface area contributed by atoms with Crippen molar-refractivity contribution in [3.05, 3.63) is 46.4 Å². The van der Waals surface area contributed by atoms with E-state index in [-0.39, 0.29) is 24.0 Å². The number of fused-ring (bicyclic) bond motifs is 1. The lowest BCUT2D eigenvalue weighted by atomic mass is 9.92. The number of hydrogen-bond acceptors (Lipinski definition) is 4. The second-order valence-electron chi connectivity index (χ2n) is 7.29. The van der Waals surface area contributed by atoms with E-state index >= 15 is 0 Å². The zero-order valence-corrected chi connectivity index (χ0v) is 15.6. The van der Waals surface area contributed by atoms with Crippen LogP contribution in [0, 0.1) is 11.8 Å². The van der Waals surface area contributed by atoms with Crippen LogP contribution >= 0.6 is 11.3 Å². The van der Waals surface area contributed by atoms with Crippen molar-refractivity contribution in [3.63, 3.8) is 0 Å². The van der Waals surface area contributed by atoms with Gasteiger partial charge in [-0.1, -0.05) is 0 Å². The average molecular weight is 412 g/mol. The minimum Gasteiger partial charge on any atom is -0.490 e. The molecular formula is C19H19F3N2O3S. The molecule has 1 unspecified atom stereocenters. The third-order valence-electron chi connectivity index (χ3n) is 5.63. The van der Waals surface area contributed by atoms with Gasteiger partial charge in [-0.15, -0.1) is 11.3 Å². The molecule has 2 heterocycles. The number of carbonyl (C=O) groups is 1. The first-order chi connectivity index (χ1) is 13.3. The van der Waals surface area contributed by atoms with Gasteiger partial charge in [0.1, 0.15) is 5.75 Å². The van der Waals surface area contributed by atoms with Gasteiger partial charge in [0, 0.05) is 30.6 Å². The molecule has 1 saturated carbocycles. The largest absolute Gasteiger partial charge is 0.490 e. The molecule has 0 spiro atoms. The van der Waals surface area contributed by atoms with Gasteiger partial charge >= 0.3 is 12.3 Å². The predicted octanol–water partition coefficient (Wildman–Crippen LogP) is 4.54. The molecule has 4 rings (SSSR count). The fourth-order valence-corrected chi connectivity index (χ4v) is 5.10. The SMILES string of the molecule is O=C(O)N1C[C@@H]2C[C@H](Oc3ccc(C(F)(F)F)cc3)C[C@@H]2C1Cc1nccs1. The standard InChI is InChI=1S/C19H19F3N2O3S/c20-19(21,22)12-1-3-13(4-2-12)27-14-7-11-10-24(18(25)26)16(15(11)8-14)9-17-23-5-6-28-17/h1-6,11,14-16H,7-10H2,(H,25,26)/t11-,14-,15-,16?/m0/s1. The molecule has 1 aromatic heterocycles. The highest BCUT2D eigenvalue weighted by atomic mass is 32.1. The fourth-order valence-electron chi connectivity index (χ4n) is 4.43. The van der Waals surface area contributed by atoms with Crippen molar-refractivity contribution >= 4 is 17.4 Å². The van der Waals surface area contributed by atoms with Gasteiger partial charge in [0.2, 0.25) is 0 Å². The Labute approximate surface area is 163 Å². The van der Waals surface area contributed by atoms with Gasteiger partial charge in [0.15, 0.2) is 0 Å². The molecule has 9 heteroatoms. The molecule has 2 fully saturated rings. The molecule has 1 saturated heterocycles. The monoisotopic (exact) mass is 412 g/mol. The highest BCUT2D eigenvalue weighted by Gasteiger charge is 2.50. The lowest BCUT2D eigenvalue weighted by molar-refractivity contribution is -0.137. The van der Waals surface area contributed by atoms with Gasteiger partial charge in [-0.05, 0) is 48.9 Å². The van der Waals surface area contributed by atoms with Crippen molar-refractivity contribution in [2.24, 2.45) is 11.8 Å². The fraction of sp³-hybridized carbons (Fsp3) is 0.474. The van der Waals surface area contributed by atoms with E-state index in [0.29, 0.717) is 31.6 Å². The normalized spacial score (nSPS) is 27.0. The summed E-state index contributed by atoms with van der Waals surface area (Å²) in [6.07, 6.45) is -1.74. The zero-order valence-electron chi connectivity index (χ0n) is 14.8. The Bertz CT molecular complexity index is 826. The summed E-state index contributed by atoms with van der Waals surface area (Å²) in [6.45, 7) is 0.461. The second kappa shape index (κ2) is 7.27. The van der Waals surface area contributed by atoms with E-state index in [4.69, 9.17) is 4.74 Å². The average Bonchev–Trinajstić information content (AvgIpc) is 3.33. The van der Waals surface area contributed by atoms with Crippen LogP contribution in [-0.2, 0) is 12.6 Å². The first-order valence-corrected chi connectivity index (χ1v) is 9.91. The molecule has 1 amide bonds. The number of ether oxygens (including phenoxy) is 1. The lowest BCUT2D eigenvalue weighted by Gasteiger charge is -2.26. The van der Waals surface area contributed by atoms with E-state index in [1.807, 2.05) is 5.38 Å². The summed E-state index contributed by atoms with van der Waals surface area (Å²) >= 11 is 1.51. The van der Waals surface area contributed by atoms with Crippen molar-refractivity contribution < 1.29 is 27.8 Å². The number of amides is 1. The number of halogens is 3. The molecule has 150 valence electrons. The molecule has 4 atom stereocenters. The molecule has 1 aliphatic heterocycles. The zero-order chi connectivity index (χ0) is 19.9. The molecule has 0 bridgehead atoms. The van der Waals surface area contributed by atoms with Gasteiger partial charge in [-0.3, -0.25) is 0 Å². The predicted molar refractivity (Wildman–Crippen MR) is 96.4 cm³/mol. The maximum absolute atomic E-state index is 12.7. The van der Waals surface area contributed by atoms with Crippen molar-refractivity contribution in [1.82, 2.24) is 9.88 Å². The summed E-state index contributed by atoms with van der Waals surface area (Å²) in [5.41, 5.74) is -0.705. The van der Waals surface area contributed by atoms with E-state index in [1.54, 1.807) is 6.20 Å². The summed E-state index contributed by atoms with van der Waals surface area (Å²) in [4.78, 5) is 17.4. The molecule has 2 aromatic rings. The Kier molecular flexibility index (Phi) is 4.95. The van der Waals surface area contributed by atoms with Crippen LogP contribution < -0.4 is 4.74 Å². The third-order valence-corrected chi connectivity index (χ3v) is 6.43. The van der Waals surface area contributed by atoms with Crippen molar-refractivity contribution in [2.75, 3.05) is 6.54 Å². The molecule has 5 nitrogen and oxygen atoms in total. The molecular weight excluding hydrogens is 393 g/mol. The van der Waals surface area contributed by atoms with Crippen LogP contribution in [0.4, 0.5) is 18.0 Å². The Morgan fingerprint density at radius 3 is 2.64 bits per heavy atom. The molecule has 1 N–H and O–H groups in total. The smallest absolute Gasteiger partial charge is 0.416 e. The van der Waals surface area contributed by atoms with Gasteiger partial charge in [0.05, 0.1) is 16.7 Å². The number of aromatic nitrogens is 1. The Balaban J connectivity index is 1.43. The highest BCUT2D eigenvalue weighted by molar-refractivity contribution is 7.09. The van der Waals surface area contributed by atoms with Crippen molar-refractivity contribution in [3.8, 4) is 5.75 Å². The van der Waals surface area contributed by atoms with Crippen LogP contribution in [-0.4, -0.2) is 39.8 Å². The number of nitrogens with zero attached hydrogens (tertiary/aromatic N) is 2. The summed E-state index contributed by atoms with van der Waals surface area (Å²) in [5.74, 6) is 0.768. The molecule has 2 aliphatic rings. The van der Waals surface area contributed by atoms with Gasteiger partial charge < -0.3 is 14.7 Å². The molecule has 0 radical (unpaired) electrons. The third kappa shape index (κ3) is 3.80. The van der Waals surface area contributed by atoms with Gasteiger partial charge in [-0.25, -0.2) is 9.78 Å². The minimum absolute atomic E-state index is 0.124. The summed E-state index contributed by atoms with van der Waals surface area (Å²) in [5, 5.41) is 12.3. The molecule has 28 heavy (non-hydrogen) atoms. The van der Waals surface area contributed by atoms with E-state index in [0.717, 1.165) is 17.1 Å². The Morgan fingerprint density at radius 2 is 2.04 bits per heavy atom. The number of thiazole rings is 1. The lowest BCUT2D eigenvalue weighted by Crippen LogP contribution is -2.39. The summed E-state index contributed by atoms with van der Waals surface area (Å²) in [7, 11) is 0. The van der Waals surface area contributed by atoms with E-state index < -0.39 is 17.8 Å². The van der Waals surface area contributed by atoms with Crippen LogP contribution in [0.1, 0.15) is 23.4 Å². The Hall–Kier alpha value is -2.29. The maximum atomic E-state index is 12.7. The number of likely N-dealkylation sites (tertiary alicyclic amines) is 1. The first kappa shape index (κ1) is 19.0. The first-order valence-electron chi connectivity index (χ1n) is 9.03. The second-order valence-corrected chi connectivity index (χ2v) is 8.27. The van der Waals surface area contributed by atoms with Crippen LogP contribution in [0.3, 0.4) is 0 Å². The number of rotatable bonds is 4. The van der Waals surface area contributed by atoms with Crippen LogP contribution in [0.15, 0.2) is 35.8 Å². The van der Waals surface area contributed by atoms with E-state index in [1.165, 1.54) is 28.4 Å². The Morgan fingerprint density at radius 1 is 1.29 bits per heavy atom. The summed E-state index contributed by atoms with van der Waals surface area (Å²) < 4.78 is 44.0. The quantitative estimate of drug-likeness (QED) is 0.801. The van der Waals surface area contributed by atoms with Crippen LogP contribution in [0.2, 0.25) is 0 Å². The van der Waals surface area contributed by atoms with E-state index in [9.17, 15) is 23.1 Å². The van der Waals surface area contributed by atoms with Crippen molar-refractivity contribution in [1.29, 1.82) is 0 Å². The van der Waals surface area contributed by atoms with Crippen LogP contribution in [0.5, 0.6) is 5.75 Å². The van der Waals surface area contributed by atoms with Gasteiger partial charge in [0.25, 0.3) is 0 Å². The minimum atomic E-state index is -4.37. The number of hydrogen-bond donors (Lipinski definition) is 1. The van der Waals surface area contributed by atoms with Gasteiger partial charge in [-0.2, -0.15) is 13.2 Å². The molecule has 1 aromatic carbocycles. The maximum Gasteiger partial charge on any atom is 0.416 e.